The van der Waals surface area contributed by atoms with E-state index in [1.54, 1.807) is 6.92 Å². The molecule has 0 radical (unpaired) electrons. The predicted molar refractivity (Wildman–Crippen MR) is 70.2 cm³/mol. The molecule has 1 aromatic rings. The van der Waals surface area contributed by atoms with Crippen molar-refractivity contribution in [3.63, 3.8) is 0 Å². The molecule has 0 saturated heterocycles. The van der Waals surface area contributed by atoms with Crippen LogP contribution in [-0.4, -0.2) is 27.0 Å². The summed E-state index contributed by atoms with van der Waals surface area (Å²) in [6, 6.07) is 5.34. The van der Waals surface area contributed by atoms with Gasteiger partial charge in [-0.1, -0.05) is 17.7 Å². The number of nitrogens with one attached hydrogen (secondary N) is 1. The highest BCUT2D eigenvalue weighted by Gasteiger charge is 2.50. The van der Waals surface area contributed by atoms with Crippen LogP contribution in [0.1, 0.15) is 5.56 Å². The first-order chi connectivity index (χ1) is 10.3. The van der Waals surface area contributed by atoms with Gasteiger partial charge < -0.3 is 0 Å². The van der Waals surface area contributed by atoms with Crippen molar-refractivity contribution in [3.8, 4) is 0 Å². The lowest BCUT2D eigenvalue weighted by Gasteiger charge is -2.13. The van der Waals surface area contributed by atoms with Gasteiger partial charge in [-0.15, -0.1) is 0 Å². The number of alkyl halides is 6. The van der Waals surface area contributed by atoms with Crippen molar-refractivity contribution in [2.75, 3.05) is 0 Å². The Morgan fingerprint density at radius 3 is 1.96 bits per heavy atom. The van der Waals surface area contributed by atoms with Gasteiger partial charge >= 0.3 is 12.4 Å². The summed E-state index contributed by atoms with van der Waals surface area (Å²) in [5.74, 6) is 0. The Balaban J connectivity index is 2.93. The third-order valence-corrected chi connectivity index (χ3v) is 3.67. The molecule has 1 aromatic carbocycles. The molecule has 0 bridgehead atoms. The van der Waals surface area contributed by atoms with E-state index in [0.717, 1.165) is 5.56 Å². The lowest BCUT2D eigenvalue weighted by atomic mass is 10.2. The van der Waals surface area contributed by atoms with Gasteiger partial charge in [-0.05, 0) is 25.1 Å². The molecule has 0 aliphatic carbocycles. The smallest absolute Gasteiger partial charge is 0.200 e. The fourth-order valence-electron chi connectivity index (χ4n) is 1.33. The van der Waals surface area contributed by atoms with Crippen LogP contribution >= 0.6 is 0 Å². The number of aryl methyl sites for hydroxylation is 1. The maximum Gasteiger partial charge on any atom is 0.421 e. The normalized spacial score (nSPS) is 13.2. The number of hydrazone groups is 1. The second-order valence-corrected chi connectivity index (χ2v) is 5.92. The van der Waals surface area contributed by atoms with E-state index < -0.39 is 27.9 Å². The fraction of sp³-hybridized carbons (Fsp3) is 0.250. The van der Waals surface area contributed by atoms with E-state index in [9.17, 15) is 34.8 Å². The van der Waals surface area contributed by atoms with Crippen molar-refractivity contribution >= 4 is 16.2 Å². The van der Waals surface area contributed by atoms with Gasteiger partial charge in [0.1, 0.15) is 5.57 Å². The Hall–Kier alpha value is -2.04. The molecule has 4 nitrogen and oxygen atoms in total. The quantitative estimate of drug-likeness (QED) is 0.509. The van der Waals surface area contributed by atoms with Crippen LogP contribution in [0.25, 0.3) is 0 Å². The first-order valence-corrected chi connectivity index (χ1v) is 7.28. The standard InChI is InChI=1S/C12H10F6N2O2S/c1-8-2-4-9(5-3-8)23(21,22)20-19-7-6-10(11(13,14)15)12(16,17)18/h2-7,20H,1H3/b19-7+. The second-order valence-electron chi connectivity index (χ2n) is 4.26. The van der Waals surface area contributed by atoms with E-state index in [4.69, 9.17) is 0 Å². The molecule has 0 atom stereocenters. The van der Waals surface area contributed by atoms with Crippen molar-refractivity contribution in [2.24, 2.45) is 5.10 Å². The third-order valence-electron chi connectivity index (χ3n) is 2.43. The molecule has 0 aromatic heterocycles. The number of rotatable bonds is 4. The maximum atomic E-state index is 12.2. The summed E-state index contributed by atoms with van der Waals surface area (Å²) in [5.41, 5.74) is -2.04. The Morgan fingerprint density at radius 1 is 1.04 bits per heavy atom. The van der Waals surface area contributed by atoms with Gasteiger partial charge in [0, 0.05) is 6.21 Å². The number of benzene rings is 1. The fourth-order valence-corrected chi connectivity index (χ4v) is 2.13. The van der Waals surface area contributed by atoms with Crippen LogP contribution in [-0.2, 0) is 10.0 Å². The van der Waals surface area contributed by atoms with Crippen LogP contribution in [0.2, 0.25) is 0 Å². The summed E-state index contributed by atoms with van der Waals surface area (Å²) in [5, 5.41) is 2.87. The minimum absolute atomic E-state index is 0.0715. The highest BCUT2D eigenvalue weighted by Crippen LogP contribution is 2.38. The number of hydrogen-bond acceptors (Lipinski definition) is 3. The zero-order valence-corrected chi connectivity index (χ0v) is 12.2. The van der Waals surface area contributed by atoms with Crippen molar-refractivity contribution in [3.05, 3.63) is 41.5 Å². The molecular formula is C12H10F6N2O2S. The van der Waals surface area contributed by atoms with E-state index in [1.165, 1.54) is 29.1 Å². The molecule has 0 saturated carbocycles. The number of nitrogens with zero attached hydrogens (tertiary/aromatic N) is 1. The zero-order valence-electron chi connectivity index (χ0n) is 11.4. The average molecular weight is 360 g/mol. The molecule has 1 N–H and O–H groups in total. The largest absolute Gasteiger partial charge is 0.421 e. The topological polar surface area (TPSA) is 58.5 Å². The SMILES string of the molecule is Cc1ccc(S(=O)(=O)N/N=C/C=C(C(F)(F)F)C(F)(F)F)cc1. The highest BCUT2D eigenvalue weighted by atomic mass is 32.2. The summed E-state index contributed by atoms with van der Waals surface area (Å²) >= 11 is 0. The van der Waals surface area contributed by atoms with Gasteiger partial charge in [0.05, 0.1) is 4.90 Å². The Bertz CT molecular complexity index is 687. The Labute approximate surface area is 127 Å². The molecule has 11 heteroatoms. The van der Waals surface area contributed by atoms with E-state index >= 15 is 0 Å². The number of allylic oxidation sites excluding steroid dienone is 2. The van der Waals surface area contributed by atoms with Gasteiger partial charge in [-0.2, -0.15) is 39.9 Å². The molecule has 128 valence electrons. The van der Waals surface area contributed by atoms with Gasteiger partial charge in [-0.25, -0.2) is 4.83 Å². The molecule has 0 aliphatic heterocycles. The third kappa shape index (κ3) is 5.58. The monoisotopic (exact) mass is 360 g/mol. The molecule has 0 amide bonds. The Kier molecular flexibility index (Phi) is 5.46. The molecule has 1 rings (SSSR count). The summed E-state index contributed by atoms with van der Waals surface area (Å²) in [6.07, 6.45) is -11.6. The van der Waals surface area contributed by atoms with E-state index in [1.807, 2.05) is 0 Å². The van der Waals surface area contributed by atoms with E-state index in [-0.39, 0.29) is 17.2 Å². The zero-order chi connectivity index (χ0) is 17.9. The van der Waals surface area contributed by atoms with Crippen LogP contribution in [0.3, 0.4) is 0 Å². The van der Waals surface area contributed by atoms with Crippen molar-refractivity contribution < 1.29 is 34.8 Å². The van der Waals surface area contributed by atoms with Crippen molar-refractivity contribution in [1.82, 2.24) is 4.83 Å². The molecular weight excluding hydrogens is 350 g/mol. The van der Waals surface area contributed by atoms with Crippen LogP contribution in [0.5, 0.6) is 0 Å². The minimum Gasteiger partial charge on any atom is -0.200 e. The van der Waals surface area contributed by atoms with Gasteiger partial charge in [0.15, 0.2) is 0 Å². The number of sulfonamides is 1. The number of hydrogen-bond donors (Lipinski definition) is 1. The van der Waals surface area contributed by atoms with Crippen LogP contribution < -0.4 is 4.83 Å². The lowest BCUT2D eigenvalue weighted by molar-refractivity contribution is -0.171. The summed E-state index contributed by atoms with van der Waals surface area (Å²) in [6.45, 7) is 1.70. The molecule has 23 heavy (non-hydrogen) atoms. The summed E-state index contributed by atoms with van der Waals surface area (Å²) < 4.78 is 96.5. The maximum absolute atomic E-state index is 12.2. The summed E-state index contributed by atoms with van der Waals surface area (Å²) in [7, 11) is -4.19. The molecule has 0 unspecified atom stereocenters. The molecule has 0 aliphatic rings. The first kappa shape index (κ1) is 19.0. The van der Waals surface area contributed by atoms with Gasteiger partial charge in [-0.3, -0.25) is 0 Å². The minimum atomic E-state index is -5.64. The van der Waals surface area contributed by atoms with Crippen molar-refractivity contribution in [2.45, 2.75) is 24.2 Å². The molecule has 0 spiro atoms. The first-order valence-electron chi connectivity index (χ1n) is 5.80. The summed E-state index contributed by atoms with van der Waals surface area (Å²) in [4.78, 5) is 1.28. The van der Waals surface area contributed by atoms with Crippen molar-refractivity contribution in [1.29, 1.82) is 0 Å². The molecule has 0 heterocycles. The van der Waals surface area contributed by atoms with E-state index in [2.05, 4.69) is 5.10 Å². The van der Waals surface area contributed by atoms with Gasteiger partial charge in [0.25, 0.3) is 10.0 Å². The predicted octanol–water partition coefficient (Wildman–Crippen LogP) is 3.31. The van der Waals surface area contributed by atoms with Gasteiger partial charge in [0.2, 0.25) is 0 Å². The second kappa shape index (κ2) is 6.60. The highest BCUT2D eigenvalue weighted by molar-refractivity contribution is 7.89. The lowest BCUT2D eigenvalue weighted by Crippen LogP contribution is -2.26. The molecule has 0 fully saturated rings. The van der Waals surface area contributed by atoms with Crippen LogP contribution in [0, 0.1) is 6.92 Å². The van der Waals surface area contributed by atoms with E-state index in [0.29, 0.717) is 0 Å². The Morgan fingerprint density at radius 2 is 1.52 bits per heavy atom. The van der Waals surface area contributed by atoms with Crippen LogP contribution in [0.4, 0.5) is 26.3 Å². The van der Waals surface area contributed by atoms with Crippen LogP contribution in [0.15, 0.2) is 45.9 Å². The number of halogens is 6. The average Bonchev–Trinajstić information content (AvgIpc) is 2.35.